The molecule has 3 N–H and O–H groups in total. The maximum atomic E-state index is 12.4. The molecule has 0 aliphatic carbocycles. The number of nitrogens with two attached hydrogens (primary N) is 1. The molecule has 0 atom stereocenters. The number of carbonyl (C=O) groups excluding carboxylic acids is 1. The lowest BCUT2D eigenvalue weighted by Gasteiger charge is -2.13. The number of carbonyl (C=O) groups is 1. The predicted octanol–water partition coefficient (Wildman–Crippen LogP) is 2.89. The Kier molecular flexibility index (Phi) is 5.49. The van der Waals surface area contributed by atoms with Crippen molar-refractivity contribution in [3.63, 3.8) is 0 Å². The van der Waals surface area contributed by atoms with E-state index in [0.29, 0.717) is 35.8 Å². The monoisotopic (exact) mass is 299 g/mol. The number of benzene rings is 1. The van der Waals surface area contributed by atoms with Gasteiger partial charge in [-0.05, 0) is 43.2 Å². The van der Waals surface area contributed by atoms with Crippen LogP contribution in [0.5, 0.6) is 5.75 Å². The average molecular weight is 299 g/mol. The van der Waals surface area contributed by atoms with Crippen molar-refractivity contribution in [2.75, 3.05) is 11.9 Å². The van der Waals surface area contributed by atoms with Crippen molar-refractivity contribution in [2.24, 2.45) is 5.73 Å². The van der Waals surface area contributed by atoms with Crippen molar-refractivity contribution in [3.05, 3.63) is 53.3 Å². The summed E-state index contributed by atoms with van der Waals surface area (Å²) in [7, 11) is 0. The molecule has 1 amide bonds. The summed E-state index contributed by atoms with van der Waals surface area (Å²) in [6.45, 7) is 4.94. The normalized spacial score (nSPS) is 10.3. The summed E-state index contributed by atoms with van der Waals surface area (Å²) in [5, 5.41) is 2.88. The van der Waals surface area contributed by atoms with Gasteiger partial charge in [0.15, 0.2) is 0 Å². The fraction of sp³-hybridized carbons (Fsp3) is 0.294. The van der Waals surface area contributed by atoms with Crippen LogP contribution >= 0.6 is 0 Å². The Labute approximate surface area is 130 Å². The maximum absolute atomic E-state index is 12.4. The molecular formula is C17H21N3O2. The minimum Gasteiger partial charge on any atom is -0.491 e. The van der Waals surface area contributed by atoms with Crippen molar-refractivity contribution in [2.45, 2.75) is 26.8 Å². The zero-order valence-corrected chi connectivity index (χ0v) is 12.9. The molecule has 5 heteroatoms. The number of aromatic nitrogens is 1. The molecule has 1 aromatic heterocycles. The average Bonchev–Trinajstić information content (AvgIpc) is 2.55. The largest absolute Gasteiger partial charge is 0.491 e. The Morgan fingerprint density at radius 1 is 1.32 bits per heavy atom. The van der Waals surface area contributed by atoms with Crippen molar-refractivity contribution in [1.82, 2.24) is 4.98 Å². The zero-order valence-electron chi connectivity index (χ0n) is 12.9. The number of ether oxygens (including phenoxy) is 1. The fourth-order valence-electron chi connectivity index (χ4n) is 1.99. The molecule has 2 rings (SSSR count). The molecule has 0 radical (unpaired) electrons. The van der Waals surface area contributed by atoms with E-state index in [4.69, 9.17) is 10.5 Å². The third-order valence-corrected chi connectivity index (χ3v) is 3.13. The van der Waals surface area contributed by atoms with Gasteiger partial charge in [0.25, 0.3) is 5.91 Å². The fourth-order valence-corrected chi connectivity index (χ4v) is 1.99. The van der Waals surface area contributed by atoms with Crippen LogP contribution in [0.1, 0.15) is 35.0 Å². The molecule has 0 fully saturated rings. The zero-order chi connectivity index (χ0) is 15.9. The second kappa shape index (κ2) is 7.56. The van der Waals surface area contributed by atoms with Gasteiger partial charge in [-0.25, -0.2) is 0 Å². The summed E-state index contributed by atoms with van der Waals surface area (Å²) >= 11 is 0. The first-order chi connectivity index (χ1) is 10.6. The van der Waals surface area contributed by atoms with Gasteiger partial charge < -0.3 is 15.8 Å². The summed E-state index contributed by atoms with van der Waals surface area (Å²) in [6.07, 6.45) is 2.49. The van der Waals surface area contributed by atoms with E-state index >= 15 is 0 Å². The topological polar surface area (TPSA) is 77.2 Å². The van der Waals surface area contributed by atoms with Crippen LogP contribution in [-0.4, -0.2) is 17.5 Å². The molecule has 5 nitrogen and oxygen atoms in total. The Balaban J connectivity index is 2.20. The van der Waals surface area contributed by atoms with Gasteiger partial charge >= 0.3 is 0 Å². The summed E-state index contributed by atoms with van der Waals surface area (Å²) in [6, 6.07) is 9.06. The number of nitrogens with zero attached hydrogens (tertiary/aromatic N) is 1. The predicted molar refractivity (Wildman–Crippen MR) is 87.0 cm³/mol. The van der Waals surface area contributed by atoms with Crippen molar-refractivity contribution < 1.29 is 9.53 Å². The van der Waals surface area contributed by atoms with Gasteiger partial charge in [-0.1, -0.05) is 13.0 Å². The number of pyridine rings is 1. The highest BCUT2D eigenvalue weighted by atomic mass is 16.5. The second-order valence-electron chi connectivity index (χ2n) is 5.04. The molecule has 22 heavy (non-hydrogen) atoms. The molecule has 0 spiro atoms. The van der Waals surface area contributed by atoms with Crippen LogP contribution in [0.3, 0.4) is 0 Å². The minimum absolute atomic E-state index is 0.206. The van der Waals surface area contributed by atoms with Crippen LogP contribution in [-0.2, 0) is 6.54 Å². The van der Waals surface area contributed by atoms with Gasteiger partial charge in [0.05, 0.1) is 18.0 Å². The summed E-state index contributed by atoms with van der Waals surface area (Å²) in [4.78, 5) is 16.4. The third kappa shape index (κ3) is 4.05. The lowest BCUT2D eigenvalue weighted by Crippen LogP contribution is -2.14. The standard InChI is InChI=1S/C17H21N3O2/c1-3-8-22-16-9-12(2)4-5-15(16)20-17(21)13-6-7-19-14(10-13)11-18/h4-7,9-10H,3,8,11,18H2,1-2H3,(H,20,21). The number of anilines is 1. The van der Waals surface area contributed by atoms with Gasteiger partial charge in [0.2, 0.25) is 0 Å². The molecule has 0 aliphatic rings. The number of amides is 1. The summed E-state index contributed by atoms with van der Waals surface area (Å²) in [5.74, 6) is 0.477. The summed E-state index contributed by atoms with van der Waals surface area (Å²) < 4.78 is 5.70. The van der Waals surface area contributed by atoms with E-state index in [9.17, 15) is 4.79 Å². The van der Waals surface area contributed by atoms with Gasteiger partial charge in [-0.2, -0.15) is 0 Å². The maximum Gasteiger partial charge on any atom is 0.255 e. The first kappa shape index (κ1) is 16.0. The summed E-state index contributed by atoms with van der Waals surface area (Å²) in [5.41, 5.74) is 8.50. The molecule has 1 aromatic carbocycles. The third-order valence-electron chi connectivity index (χ3n) is 3.13. The first-order valence-electron chi connectivity index (χ1n) is 7.34. The van der Waals surface area contributed by atoms with Gasteiger partial charge in [-0.3, -0.25) is 9.78 Å². The van der Waals surface area contributed by atoms with Crippen LogP contribution in [0.4, 0.5) is 5.69 Å². The SMILES string of the molecule is CCCOc1cc(C)ccc1NC(=O)c1ccnc(CN)c1. The molecule has 1 heterocycles. The highest BCUT2D eigenvalue weighted by Crippen LogP contribution is 2.26. The lowest BCUT2D eigenvalue weighted by molar-refractivity contribution is 0.102. The van der Waals surface area contributed by atoms with Crippen LogP contribution < -0.4 is 15.8 Å². The Bertz CT molecular complexity index is 656. The van der Waals surface area contributed by atoms with Crippen molar-refractivity contribution in [1.29, 1.82) is 0 Å². The van der Waals surface area contributed by atoms with Crippen LogP contribution in [0.15, 0.2) is 36.5 Å². The lowest BCUT2D eigenvalue weighted by atomic mass is 10.2. The van der Waals surface area contributed by atoms with E-state index in [-0.39, 0.29) is 5.91 Å². The van der Waals surface area contributed by atoms with Crippen LogP contribution in [0.25, 0.3) is 0 Å². The molecular weight excluding hydrogens is 278 g/mol. The number of hydrogen-bond donors (Lipinski definition) is 2. The molecule has 2 aromatic rings. The molecule has 0 saturated heterocycles. The van der Waals surface area contributed by atoms with Crippen molar-refractivity contribution in [3.8, 4) is 5.75 Å². The van der Waals surface area contributed by atoms with E-state index in [2.05, 4.69) is 10.3 Å². The Hall–Kier alpha value is -2.40. The van der Waals surface area contributed by atoms with E-state index in [0.717, 1.165) is 12.0 Å². The molecule has 0 aliphatic heterocycles. The van der Waals surface area contributed by atoms with Gasteiger partial charge in [-0.15, -0.1) is 0 Å². The second-order valence-corrected chi connectivity index (χ2v) is 5.04. The highest BCUT2D eigenvalue weighted by Gasteiger charge is 2.11. The Morgan fingerprint density at radius 2 is 2.14 bits per heavy atom. The van der Waals surface area contributed by atoms with E-state index < -0.39 is 0 Å². The quantitative estimate of drug-likeness (QED) is 0.859. The van der Waals surface area contributed by atoms with Gasteiger partial charge in [0.1, 0.15) is 5.75 Å². The van der Waals surface area contributed by atoms with E-state index in [1.54, 1.807) is 18.3 Å². The highest BCUT2D eigenvalue weighted by molar-refractivity contribution is 6.05. The number of aryl methyl sites for hydroxylation is 1. The number of nitrogens with one attached hydrogen (secondary N) is 1. The molecule has 0 unspecified atom stereocenters. The Morgan fingerprint density at radius 3 is 2.86 bits per heavy atom. The molecule has 0 bridgehead atoms. The number of hydrogen-bond acceptors (Lipinski definition) is 4. The van der Waals surface area contributed by atoms with Crippen LogP contribution in [0, 0.1) is 6.92 Å². The minimum atomic E-state index is -0.206. The van der Waals surface area contributed by atoms with E-state index in [1.807, 2.05) is 32.0 Å². The smallest absolute Gasteiger partial charge is 0.255 e. The number of rotatable bonds is 6. The molecule has 116 valence electrons. The van der Waals surface area contributed by atoms with Crippen molar-refractivity contribution >= 4 is 11.6 Å². The van der Waals surface area contributed by atoms with Gasteiger partial charge in [0, 0.05) is 18.3 Å². The first-order valence-corrected chi connectivity index (χ1v) is 7.34. The molecule has 0 saturated carbocycles. The van der Waals surface area contributed by atoms with E-state index in [1.165, 1.54) is 0 Å². The van der Waals surface area contributed by atoms with Crippen LogP contribution in [0.2, 0.25) is 0 Å².